The first-order valence-electron chi connectivity index (χ1n) is 10.8. The van der Waals surface area contributed by atoms with E-state index in [1.165, 1.54) is 16.5 Å². The molecule has 8 heteroatoms. The van der Waals surface area contributed by atoms with Crippen molar-refractivity contribution in [3.8, 4) is 0 Å². The molecule has 0 N–H and O–H groups in total. The van der Waals surface area contributed by atoms with Crippen LogP contribution in [0.1, 0.15) is 46.1 Å². The van der Waals surface area contributed by atoms with Crippen LogP contribution in [-0.2, 0) is 6.42 Å². The number of benzene rings is 1. The van der Waals surface area contributed by atoms with Crippen molar-refractivity contribution in [3.05, 3.63) is 75.2 Å². The van der Waals surface area contributed by atoms with Crippen molar-refractivity contribution in [1.29, 1.82) is 0 Å². The summed E-state index contributed by atoms with van der Waals surface area (Å²) in [4.78, 5) is 31.1. The monoisotopic (exact) mass is 434 g/mol. The molecule has 0 bridgehead atoms. The van der Waals surface area contributed by atoms with Gasteiger partial charge >= 0.3 is 0 Å². The Morgan fingerprint density at radius 1 is 1.25 bits per heavy atom. The number of hydrogen-bond donors (Lipinski definition) is 0. The largest absolute Gasteiger partial charge is 0.356 e. The lowest BCUT2D eigenvalue weighted by atomic mass is 9.91. The van der Waals surface area contributed by atoms with E-state index in [2.05, 4.69) is 15.0 Å². The Balaban J connectivity index is 1.27. The van der Waals surface area contributed by atoms with Gasteiger partial charge in [-0.2, -0.15) is 0 Å². The first-order valence-corrected chi connectivity index (χ1v) is 10.8. The Kier molecular flexibility index (Phi) is 5.30. The fourth-order valence-corrected chi connectivity index (χ4v) is 4.63. The zero-order valence-electron chi connectivity index (χ0n) is 17.8. The van der Waals surface area contributed by atoms with E-state index in [4.69, 9.17) is 4.52 Å². The molecule has 0 unspecified atom stereocenters. The lowest BCUT2D eigenvalue weighted by Crippen LogP contribution is -2.35. The number of halogens is 1. The van der Waals surface area contributed by atoms with Crippen LogP contribution in [0.5, 0.6) is 0 Å². The molecule has 1 saturated heterocycles. The average molecular weight is 434 g/mol. The van der Waals surface area contributed by atoms with Crippen molar-refractivity contribution >= 4 is 22.9 Å². The number of hydrogen-bond acceptors (Lipinski definition) is 6. The summed E-state index contributed by atoms with van der Waals surface area (Å²) < 4.78 is 20.2. The molecule has 1 fully saturated rings. The SMILES string of the molecule is Cc1nc2c(C=O)cccn2c(=O)c1CCN1CCC(c2noc3cc(F)ccc23)CC1. The molecule has 1 aliphatic heterocycles. The van der Waals surface area contributed by atoms with Gasteiger partial charge in [-0.1, -0.05) is 5.16 Å². The normalized spacial score (nSPS) is 15.6. The summed E-state index contributed by atoms with van der Waals surface area (Å²) in [5, 5.41) is 5.09. The van der Waals surface area contributed by atoms with Crippen LogP contribution < -0.4 is 5.56 Å². The highest BCUT2D eigenvalue weighted by Gasteiger charge is 2.25. The van der Waals surface area contributed by atoms with Gasteiger partial charge in [0.05, 0.1) is 11.3 Å². The van der Waals surface area contributed by atoms with Crippen LogP contribution in [0.3, 0.4) is 0 Å². The smallest absolute Gasteiger partial charge is 0.261 e. The molecule has 0 aliphatic carbocycles. The van der Waals surface area contributed by atoms with Crippen LogP contribution in [0.15, 0.2) is 45.8 Å². The molecule has 0 saturated carbocycles. The number of carbonyl (C=O) groups excluding carboxylic acids is 1. The molecule has 0 spiro atoms. The molecule has 1 aliphatic rings. The lowest BCUT2D eigenvalue weighted by Gasteiger charge is -2.31. The second-order valence-electron chi connectivity index (χ2n) is 8.33. The van der Waals surface area contributed by atoms with Crippen molar-refractivity contribution in [1.82, 2.24) is 19.4 Å². The number of aryl methyl sites for hydroxylation is 1. The Bertz CT molecular complexity index is 1370. The summed E-state index contributed by atoms with van der Waals surface area (Å²) in [6, 6.07) is 7.90. The minimum Gasteiger partial charge on any atom is -0.356 e. The lowest BCUT2D eigenvalue weighted by molar-refractivity contribution is 0.112. The molecule has 4 aromatic rings. The van der Waals surface area contributed by atoms with Crippen molar-refractivity contribution in [3.63, 3.8) is 0 Å². The van der Waals surface area contributed by atoms with Crippen LogP contribution in [-0.4, -0.2) is 45.4 Å². The van der Waals surface area contributed by atoms with Crippen LogP contribution in [0, 0.1) is 12.7 Å². The highest BCUT2D eigenvalue weighted by Crippen LogP contribution is 2.32. The van der Waals surface area contributed by atoms with Crippen molar-refractivity contribution in [2.45, 2.75) is 32.1 Å². The van der Waals surface area contributed by atoms with Gasteiger partial charge in [0, 0.05) is 41.4 Å². The van der Waals surface area contributed by atoms with Crippen LogP contribution >= 0.6 is 0 Å². The van der Waals surface area contributed by atoms with E-state index in [1.807, 2.05) is 6.92 Å². The minimum absolute atomic E-state index is 0.118. The molecule has 7 nitrogen and oxygen atoms in total. The number of rotatable bonds is 5. The minimum atomic E-state index is -0.327. The third kappa shape index (κ3) is 3.60. The first-order chi connectivity index (χ1) is 15.5. The molecule has 0 atom stereocenters. The maximum atomic E-state index is 13.4. The van der Waals surface area contributed by atoms with Crippen LogP contribution in [0.25, 0.3) is 16.6 Å². The summed E-state index contributed by atoms with van der Waals surface area (Å²) in [6.07, 6.45) is 4.83. The third-order valence-electron chi connectivity index (χ3n) is 6.43. The second kappa shape index (κ2) is 8.27. The molecule has 1 aromatic carbocycles. The number of likely N-dealkylation sites (tertiary alicyclic amines) is 1. The summed E-state index contributed by atoms with van der Waals surface area (Å²) in [5.41, 5.74) is 3.42. The van der Waals surface area contributed by atoms with Gasteiger partial charge in [-0.05, 0) is 63.5 Å². The van der Waals surface area contributed by atoms with E-state index in [9.17, 15) is 14.0 Å². The molecule has 5 rings (SSSR count). The number of carbonyl (C=O) groups is 1. The standard InChI is InChI=1S/C24H23FN4O3/c1-15-19(24(31)29-9-2-3-17(14-30)23(29)26-15)8-12-28-10-6-16(7-11-28)22-20-5-4-18(25)13-21(20)32-27-22/h2-5,9,13-14,16H,6-8,10-12H2,1H3. The van der Waals surface area contributed by atoms with E-state index < -0.39 is 0 Å². The van der Waals surface area contributed by atoms with Crippen LogP contribution in [0.2, 0.25) is 0 Å². The first kappa shape index (κ1) is 20.5. The number of piperidine rings is 1. The third-order valence-corrected chi connectivity index (χ3v) is 6.43. The van der Waals surface area contributed by atoms with E-state index in [0.29, 0.717) is 34.5 Å². The predicted molar refractivity (Wildman–Crippen MR) is 118 cm³/mol. The Labute approximate surface area is 183 Å². The molecule has 32 heavy (non-hydrogen) atoms. The van der Waals surface area contributed by atoms with Crippen molar-refractivity contribution in [2.75, 3.05) is 19.6 Å². The van der Waals surface area contributed by atoms with Gasteiger partial charge in [0.15, 0.2) is 11.9 Å². The van der Waals surface area contributed by atoms with Gasteiger partial charge in [0.2, 0.25) is 0 Å². The average Bonchev–Trinajstić information content (AvgIpc) is 3.22. The summed E-state index contributed by atoms with van der Waals surface area (Å²) >= 11 is 0. The molecule has 164 valence electrons. The number of aldehydes is 1. The summed E-state index contributed by atoms with van der Waals surface area (Å²) in [5.74, 6) is -0.0544. The fourth-order valence-electron chi connectivity index (χ4n) is 4.63. The maximum Gasteiger partial charge on any atom is 0.261 e. The van der Waals surface area contributed by atoms with Crippen LogP contribution in [0.4, 0.5) is 4.39 Å². The fraction of sp³-hybridized carbons (Fsp3) is 0.333. The van der Waals surface area contributed by atoms with Gasteiger partial charge in [-0.3, -0.25) is 14.0 Å². The number of fused-ring (bicyclic) bond motifs is 2. The zero-order valence-corrected chi connectivity index (χ0v) is 17.8. The Hall–Kier alpha value is -3.39. The zero-order chi connectivity index (χ0) is 22.2. The van der Waals surface area contributed by atoms with Crippen molar-refractivity contribution < 1.29 is 13.7 Å². The number of aromatic nitrogens is 3. The Morgan fingerprint density at radius 2 is 2.06 bits per heavy atom. The highest BCUT2D eigenvalue weighted by molar-refractivity contribution is 5.84. The van der Waals surface area contributed by atoms with E-state index in [1.54, 1.807) is 24.4 Å². The molecule has 3 aromatic heterocycles. The number of pyridine rings is 1. The molecular weight excluding hydrogens is 411 g/mol. The second-order valence-corrected chi connectivity index (χ2v) is 8.33. The predicted octanol–water partition coefficient (Wildman–Crippen LogP) is 3.52. The Morgan fingerprint density at radius 3 is 2.84 bits per heavy atom. The maximum absolute atomic E-state index is 13.4. The summed E-state index contributed by atoms with van der Waals surface area (Å²) in [6.45, 7) is 4.35. The molecule has 4 heterocycles. The highest BCUT2D eigenvalue weighted by atomic mass is 19.1. The molecular formula is C24H23FN4O3. The summed E-state index contributed by atoms with van der Waals surface area (Å²) in [7, 11) is 0. The topological polar surface area (TPSA) is 80.7 Å². The molecule has 0 amide bonds. The van der Waals surface area contributed by atoms with Gasteiger partial charge in [-0.15, -0.1) is 0 Å². The van der Waals surface area contributed by atoms with E-state index in [0.717, 1.165) is 49.8 Å². The van der Waals surface area contributed by atoms with Gasteiger partial charge < -0.3 is 9.42 Å². The van der Waals surface area contributed by atoms with E-state index in [-0.39, 0.29) is 17.3 Å². The quantitative estimate of drug-likeness (QED) is 0.447. The molecule has 0 radical (unpaired) electrons. The van der Waals surface area contributed by atoms with Gasteiger partial charge in [-0.25, -0.2) is 9.37 Å². The van der Waals surface area contributed by atoms with Gasteiger partial charge in [0.25, 0.3) is 5.56 Å². The van der Waals surface area contributed by atoms with Gasteiger partial charge in [0.1, 0.15) is 11.5 Å². The number of nitrogens with zero attached hydrogens (tertiary/aromatic N) is 4. The van der Waals surface area contributed by atoms with Crippen molar-refractivity contribution in [2.24, 2.45) is 0 Å². The van der Waals surface area contributed by atoms with E-state index >= 15 is 0 Å².